The maximum absolute atomic E-state index is 10.7. The zero-order chi connectivity index (χ0) is 17.3. The Morgan fingerprint density at radius 2 is 1.65 bits per heavy atom. The van der Waals surface area contributed by atoms with Crippen LogP contribution in [-0.2, 0) is 4.79 Å². The van der Waals surface area contributed by atoms with E-state index in [-0.39, 0.29) is 6.42 Å². The fourth-order valence-corrected chi connectivity index (χ4v) is 2.32. The highest BCUT2D eigenvalue weighted by molar-refractivity contribution is 5.67. The van der Waals surface area contributed by atoms with Crippen LogP contribution in [0.4, 0.5) is 0 Å². The van der Waals surface area contributed by atoms with Gasteiger partial charge in [0, 0.05) is 11.3 Å². The third-order valence-electron chi connectivity index (χ3n) is 3.70. The summed E-state index contributed by atoms with van der Waals surface area (Å²) < 4.78 is 0. The van der Waals surface area contributed by atoms with Crippen LogP contribution < -0.4 is 0 Å². The zero-order valence-electron chi connectivity index (χ0n) is 14.3. The Bertz CT molecular complexity index is 377. The van der Waals surface area contributed by atoms with Crippen molar-refractivity contribution in [1.82, 2.24) is 0 Å². The molecule has 1 N–H and O–H groups in total. The number of hydrogen-bond acceptors (Lipinski definition) is 3. The summed E-state index contributed by atoms with van der Waals surface area (Å²) in [5.74, 6) is -1.10. The third kappa shape index (κ3) is 15.0. The van der Waals surface area contributed by atoms with Gasteiger partial charge in [0.1, 0.15) is 6.42 Å². The molecule has 132 valence electrons. The summed E-state index contributed by atoms with van der Waals surface area (Å²) in [6.07, 6.45) is 18.2. The Balaban J connectivity index is 3.55. The number of carboxylic acid groups (broad SMARTS) is 1. The maximum Gasteiger partial charge on any atom is 0.310 e. The lowest BCUT2D eigenvalue weighted by atomic mass is 10.0. The van der Waals surface area contributed by atoms with Gasteiger partial charge in [0.15, 0.2) is 0 Å². The number of nitrogens with zero attached hydrogens (tertiary/aromatic N) is 1. The van der Waals surface area contributed by atoms with E-state index in [1.165, 1.54) is 19.3 Å². The summed E-state index contributed by atoms with van der Waals surface area (Å²) >= 11 is 0. The Hall–Kier alpha value is -1.65. The molecule has 0 bridgehead atoms. The van der Waals surface area contributed by atoms with Gasteiger partial charge in [0.2, 0.25) is 6.04 Å². The quantitative estimate of drug-likeness (QED) is 0.196. The first-order valence-corrected chi connectivity index (χ1v) is 8.73. The first-order valence-electron chi connectivity index (χ1n) is 8.73. The maximum atomic E-state index is 10.7. The van der Waals surface area contributed by atoms with E-state index in [1.807, 2.05) is 0 Å². The molecule has 0 heterocycles. The van der Waals surface area contributed by atoms with Gasteiger partial charge in [-0.3, -0.25) is 14.9 Å². The highest BCUT2D eigenvalue weighted by atomic mass is 16.6. The molecule has 0 spiro atoms. The molecule has 0 aliphatic rings. The lowest BCUT2D eigenvalue weighted by molar-refractivity contribution is -0.522. The monoisotopic (exact) mass is 325 g/mol. The second kappa shape index (κ2) is 15.3. The smallest absolute Gasteiger partial charge is 0.310 e. The highest BCUT2D eigenvalue weighted by Crippen LogP contribution is 2.11. The molecule has 0 amide bonds. The van der Waals surface area contributed by atoms with E-state index < -0.39 is 16.9 Å². The van der Waals surface area contributed by atoms with Gasteiger partial charge in [-0.2, -0.15) is 0 Å². The number of hydrogen-bond donors (Lipinski definition) is 1. The van der Waals surface area contributed by atoms with Crippen LogP contribution in [0.1, 0.15) is 77.6 Å². The van der Waals surface area contributed by atoms with Crippen molar-refractivity contribution in [2.45, 2.75) is 83.6 Å². The van der Waals surface area contributed by atoms with Crippen LogP contribution in [0.15, 0.2) is 24.3 Å². The largest absolute Gasteiger partial charge is 0.481 e. The normalized spacial score (nSPS) is 12.9. The van der Waals surface area contributed by atoms with Crippen LogP contribution >= 0.6 is 0 Å². The summed E-state index contributed by atoms with van der Waals surface area (Å²) in [6.45, 7) is 2.20. The second-order valence-electron chi connectivity index (χ2n) is 5.85. The average molecular weight is 325 g/mol. The Labute approximate surface area is 139 Å². The number of rotatable bonds is 15. The van der Waals surface area contributed by atoms with Crippen molar-refractivity contribution < 1.29 is 14.8 Å². The molecule has 0 aliphatic heterocycles. The van der Waals surface area contributed by atoms with E-state index in [9.17, 15) is 14.9 Å². The summed E-state index contributed by atoms with van der Waals surface area (Å²) in [7, 11) is 0. The van der Waals surface area contributed by atoms with Gasteiger partial charge in [-0.05, 0) is 38.5 Å². The molecule has 0 aromatic carbocycles. The van der Waals surface area contributed by atoms with Gasteiger partial charge in [0.05, 0.1) is 0 Å². The lowest BCUT2D eigenvalue weighted by Gasteiger charge is -2.06. The number of nitro groups is 1. The Kier molecular flexibility index (Phi) is 14.2. The van der Waals surface area contributed by atoms with Crippen LogP contribution in [0.3, 0.4) is 0 Å². The molecule has 5 nitrogen and oxygen atoms in total. The lowest BCUT2D eigenvalue weighted by Crippen LogP contribution is -2.22. The van der Waals surface area contributed by atoms with Crippen molar-refractivity contribution in [3.8, 4) is 0 Å². The van der Waals surface area contributed by atoms with Gasteiger partial charge in [0.25, 0.3) is 0 Å². The molecule has 0 radical (unpaired) electrons. The minimum Gasteiger partial charge on any atom is -0.481 e. The van der Waals surface area contributed by atoms with E-state index in [0.717, 1.165) is 32.1 Å². The number of allylic oxidation sites excluding steroid dienone is 4. The zero-order valence-corrected chi connectivity index (χ0v) is 14.3. The molecule has 1 atom stereocenters. The van der Waals surface area contributed by atoms with Gasteiger partial charge in [-0.15, -0.1) is 0 Å². The minimum atomic E-state index is -1.10. The van der Waals surface area contributed by atoms with E-state index in [2.05, 4.69) is 31.2 Å². The van der Waals surface area contributed by atoms with Crippen LogP contribution in [0, 0.1) is 10.1 Å². The molecule has 0 saturated heterocycles. The number of carbonyl (C=O) groups is 1. The molecule has 5 heteroatoms. The van der Waals surface area contributed by atoms with Gasteiger partial charge >= 0.3 is 5.97 Å². The van der Waals surface area contributed by atoms with E-state index in [1.54, 1.807) is 0 Å². The predicted octanol–water partition coefficient (Wildman–Crippen LogP) is 5.14. The van der Waals surface area contributed by atoms with Crippen LogP contribution in [0.5, 0.6) is 0 Å². The van der Waals surface area contributed by atoms with Crippen molar-refractivity contribution in [2.24, 2.45) is 0 Å². The number of aliphatic carboxylic acids is 1. The first kappa shape index (κ1) is 21.4. The van der Waals surface area contributed by atoms with Crippen LogP contribution in [-0.4, -0.2) is 22.0 Å². The summed E-state index contributed by atoms with van der Waals surface area (Å²) in [4.78, 5) is 20.8. The van der Waals surface area contributed by atoms with Crippen molar-refractivity contribution >= 4 is 5.97 Å². The molecular weight excluding hydrogens is 294 g/mol. The molecule has 0 saturated carbocycles. The SMILES string of the molecule is CCCCC/C=C\C/C=C\CCCCCC(CC(=O)O)[N+](=O)[O-]. The Morgan fingerprint density at radius 3 is 2.17 bits per heavy atom. The molecular formula is C18H31NO4. The van der Waals surface area contributed by atoms with Crippen LogP contribution in [0.25, 0.3) is 0 Å². The minimum absolute atomic E-state index is 0.351. The third-order valence-corrected chi connectivity index (χ3v) is 3.70. The van der Waals surface area contributed by atoms with E-state index in [4.69, 9.17) is 5.11 Å². The van der Waals surface area contributed by atoms with Crippen molar-refractivity contribution in [1.29, 1.82) is 0 Å². The topological polar surface area (TPSA) is 80.4 Å². The molecule has 0 aliphatic carbocycles. The fraction of sp³-hybridized carbons (Fsp3) is 0.722. The molecule has 0 aromatic heterocycles. The molecule has 0 aromatic rings. The highest BCUT2D eigenvalue weighted by Gasteiger charge is 2.22. The summed E-state index contributed by atoms with van der Waals surface area (Å²) in [6, 6.07) is -0.944. The molecule has 1 unspecified atom stereocenters. The molecule has 23 heavy (non-hydrogen) atoms. The number of carboxylic acids is 1. The number of unbranched alkanes of at least 4 members (excludes halogenated alkanes) is 6. The van der Waals surface area contributed by atoms with E-state index >= 15 is 0 Å². The van der Waals surface area contributed by atoms with Gasteiger partial charge in [-0.25, -0.2) is 0 Å². The van der Waals surface area contributed by atoms with Crippen molar-refractivity contribution in [3.63, 3.8) is 0 Å². The van der Waals surface area contributed by atoms with Crippen LogP contribution in [0.2, 0.25) is 0 Å². The standard InChI is InChI=1S/C18H31NO4/c1-2-3-4-5-6-7-8-9-10-11-12-13-14-15-17(19(22)23)16-18(20)21/h6-7,9-10,17H,2-5,8,11-16H2,1H3,(H,20,21)/b7-6-,10-9-. The Morgan fingerprint density at radius 1 is 1.04 bits per heavy atom. The fourth-order valence-electron chi connectivity index (χ4n) is 2.32. The summed E-state index contributed by atoms with van der Waals surface area (Å²) in [5, 5.41) is 19.3. The molecule has 0 fully saturated rings. The van der Waals surface area contributed by atoms with E-state index in [0.29, 0.717) is 12.8 Å². The first-order chi connectivity index (χ1) is 11.1. The molecule has 0 rings (SSSR count). The summed E-state index contributed by atoms with van der Waals surface area (Å²) in [5.41, 5.74) is 0. The predicted molar refractivity (Wildman–Crippen MR) is 93.2 cm³/mol. The average Bonchev–Trinajstić information content (AvgIpc) is 2.50. The van der Waals surface area contributed by atoms with Gasteiger partial charge in [-0.1, -0.05) is 50.5 Å². The second-order valence-corrected chi connectivity index (χ2v) is 5.85. The van der Waals surface area contributed by atoms with Gasteiger partial charge < -0.3 is 5.11 Å². The van der Waals surface area contributed by atoms with Crippen molar-refractivity contribution in [2.75, 3.05) is 0 Å². The van der Waals surface area contributed by atoms with Crippen molar-refractivity contribution in [3.05, 3.63) is 34.4 Å².